The zero-order chi connectivity index (χ0) is 14.4. The molecule has 0 aliphatic heterocycles. The first-order chi connectivity index (χ1) is 9.69. The van der Waals surface area contributed by atoms with Crippen LogP contribution in [-0.4, -0.2) is 17.6 Å². The minimum atomic E-state index is -0.457. The van der Waals surface area contributed by atoms with E-state index in [4.69, 9.17) is 15.6 Å². The van der Waals surface area contributed by atoms with Crippen molar-refractivity contribution in [2.24, 2.45) is 5.73 Å². The fourth-order valence-corrected chi connectivity index (χ4v) is 2.26. The lowest BCUT2D eigenvalue weighted by Gasteiger charge is -2.04. The number of hydrogen-bond acceptors (Lipinski definition) is 4. The number of benzene rings is 1. The van der Waals surface area contributed by atoms with E-state index < -0.39 is 5.91 Å². The van der Waals surface area contributed by atoms with Crippen molar-refractivity contribution in [3.8, 4) is 17.6 Å². The first-order valence-electron chi connectivity index (χ1n) is 5.89. The van der Waals surface area contributed by atoms with Gasteiger partial charge in [0, 0.05) is 21.4 Å². The summed E-state index contributed by atoms with van der Waals surface area (Å²) in [7, 11) is 0. The molecule has 3 N–H and O–H groups in total. The predicted octanol–water partition coefficient (Wildman–Crippen LogP) is 1.77. The Balaban J connectivity index is 1.94. The second-order valence-corrected chi connectivity index (χ2v) is 4.93. The number of carbonyl (C=O) groups excluding carboxylic acids is 1. The molecular weight excluding hydrogens is 274 g/mol. The molecule has 0 radical (unpaired) electrons. The second kappa shape index (κ2) is 6.75. The smallest absolute Gasteiger partial charge is 0.248 e. The molecule has 4 nitrogen and oxygen atoms in total. The highest BCUT2D eigenvalue weighted by atomic mass is 32.1. The number of rotatable bonds is 4. The van der Waals surface area contributed by atoms with Crippen LogP contribution in [0.5, 0.6) is 5.75 Å². The van der Waals surface area contributed by atoms with Crippen LogP contribution in [0.25, 0.3) is 0 Å². The maximum absolute atomic E-state index is 10.9. The van der Waals surface area contributed by atoms with Gasteiger partial charge in [-0.15, -0.1) is 11.3 Å². The molecule has 1 heterocycles. The van der Waals surface area contributed by atoms with E-state index in [-0.39, 0.29) is 6.61 Å². The van der Waals surface area contributed by atoms with Gasteiger partial charge in [-0.05, 0) is 30.3 Å². The van der Waals surface area contributed by atoms with E-state index >= 15 is 0 Å². The molecular formula is C15H13NO3S. The Bertz CT molecular complexity index is 650. The van der Waals surface area contributed by atoms with E-state index in [0.29, 0.717) is 17.9 Å². The summed E-state index contributed by atoms with van der Waals surface area (Å²) >= 11 is 1.54. The summed E-state index contributed by atoms with van der Waals surface area (Å²) < 4.78 is 5.61. The summed E-state index contributed by atoms with van der Waals surface area (Å²) in [6.45, 7) is 0.287. The third-order valence-corrected chi connectivity index (χ3v) is 3.40. The van der Waals surface area contributed by atoms with E-state index in [0.717, 1.165) is 10.4 Å². The van der Waals surface area contributed by atoms with Crippen LogP contribution >= 0.6 is 11.3 Å². The minimum absolute atomic E-state index is 0.145. The Morgan fingerprint density at radius 3 is 2.75 bits per heavy atom. The van der Waals surface area contributed by atoms with Crippen LogP contribution in [0.15, 0.2) is 35.7 Å². The lowest BCUT2D eigenvalue weighted by Crippen LogP contribution is -2.10. The van der Waals surface area contributed by atoms with Gasteiger partial charge in [-0.2, -0.15) is 0 Å². The van der Waals surface area contributed by atoms with Crippen molar-refractivity contribution < 1.29 is 14.6 Å². The molecule has 5 heteroatoms. The molecule has 0 saturated carbocycles. The lowest BCUT2D eigenvalue weighted by atomic mass is 10.2. The molecule has 0 aliphatic carbocycles. The van der Waals surface area contributed by atoms with Crippen LogP contribution in [0.3, 0.4) is 0 Å². The standard InChI is InChI=1S/C15H13NO3S/c16-15(18)12-3-5-13(6-4-12)19-9-14-8-11(10-20-14)2-1-7-17/h3-6,8,10,17H,7,9H2,(H2,16,18). The Morgan fingerprint density at radius 1 is 1.35 bits per heavy atom. The molecule has 2 rings (SSSR count). The number of thiophene rings is 1. The van der Waals surface area contributed by atoms with Gasteiger partial charge in [-0.3, -0.25) is 4.79 Å². The highest BCUT2D eigenvalue weighted by Crippen LogP contribution is 2.18. The van der Waals surface area contributed by atoms with Crippen molar-refractivity contribution in [3.63, 3.8) is 0 Å². The topological polar surface area (TPSA) is 72.6 Å². The van der Waals surface area contributed by atoms with Gasteiger partial charge in [0.15, 0.2) is 0 Å². The number of carbonyl (C=O) groups is 1. The molecule has 1 aromatic carbocycles. The molecule has 0 saturated heterocycles. The molecule has 0 spiro atoms. The number of aliphatic hydroxyl groups is 1. The molecule has 0 bridgehead atoms. The molecule has 1 aromatic heterocycles. The van der Waals surface area contributed by atoms with Gasteiger partial charge in [0.25, 0.3) is 0 Å². The van der Waals surface area contributed by atoms with Crippen molar-refractivity contribution >= 4 is 17.2 Å². The Kier molecular flexibility index (Phi) is 4.77. The Labute approximate surface area is 120 Å². The van der Waals surface area contributed by atoms with Crippen molar-refractivity contribution in [2.45, 2.75) is 6.61 Å². The molecule has 0 atom stereocenters. The van der Waals surface area contributed by atoms with Gasteiger partial charge < -0.3 is 15.6 Å². The molecule has 2 aromatic rings. The first kappa shape index (κ1) is 14.1. The van der Waals surface area contributed by atoms with Gasteiger partial charge in [0.2, 0.25) is 5.91 Å². The average molecular weight is 287 g/mol. The summed E-state index contributed by atoms with van der Waals surface area (Å²) in [5.74, 6) is 5.65. The van der Waals surface area contributed by atoms with Gasteiger partial charge in [-0.25, -0.2) is 0 Å². The summed E-state index contributed by atoms with van der Waals surface area (Å²) in [4.78, 5) is 12.0. The number of amides is 1. The first-order valence-corrected chi connectivity index (χ1v) is 6.77. The second-order valence-electron chi connectivity index (χ2n) is 3.94. The normalized spacial score (nSPS) is 9.65. The van der Waals surface area contributed by atoms with E-state index in [1.54, 1.807) is 35.6 Å². The van der Waals surface area contributed by atoms with Gasteiger partial charge >= 0.3 is 0 Å². The van der Waals surface area contributed by atoms with Gasteiger partial charge in [0.1, 0.15) is 19.0 Å². The molecule has 102 valence electrons. The maximum Gasteiger partial charge on any atom is 0.248 e. The number of nitrogens with two attached hydrogens (primary N) is 1. The van der Waals surface area contributed by atoms with Crippen LogP contribution in [0.1, 0.15) is 20.8 Å². The summed E-state index contributed by atoms with van der Waals surface area (Å²) in [6, 6.07) is 8.60. The quantitative estimate of drug-likeness (QED) is 0.842. The number of primary amides is 1. The molecule has 20 heavy (non-hydrogen) atoms. The molecule has 0 fully saturated rings. The Morgan fingerprint density at radius 2 is 2.10 bits per heavy atom. The van der Waals surface area contributed by atoms with Gasteiger partial charge in [0.05, 0.1) is 0 Å². The van der Waals surface area contributed by atoms with E-state index in [1.165, 1.54) is 0 Å². The van der Waals surface area contributed by atoms with E-state index in [2.05, 4.69) is 11.8 Å². The van der Waals surface area contributed by atoms with E-state index in [1.807, 2.05) is 11.4 Å². The fraction of sp³-hybridized carbons (Fsp3) is 0.133. The minimum Gasteiger partial charge on any atom is -0.488 e. The number of hydrogen-bond donors (Lipinski definition) is 2. The predicted molar refractivity (Wildman–Crippen MR) is 77.6 cm³/mol. The highest BCUT2D eigenvalue weighted by molar-refractivity contribution is 7.10. The van der Waals surface area contributed by atoms with Crippen LogP contribution in [-0.2, 0) is 6.61 Å². The Hall–Kier alpha value is -2.29. The van der Waals surface area contributed by atoms with Crippen LogP contribution in [0.2, 0.25) is 0 Å². The summed E-state index contributed by atoms with van der Waals surface area (Å²) in [6.07, 6.45) is 0. The van der Waals surface area contributed by atoms with Crippen LogP contribution in [0.4, 0.5) is 0 Å². The largest absolute Gasteiger partial charge is 0.488 e. The zero-order valence-corrected chi connectivity index (χ0v) is 11.4. The zero-order valence-electron chi connectivity index (χ0n) is 10.6. The fourth-order valence-electron chi connectivity index (χ4n) is 1.53. The third kappa shape index (κ3) is 3.85. The monoisotopic (exact) mass is 287 g/mol. The maximum atomic E-state index is 10.9. The average Bonchev–Trinajstić information content (AvgIpc) is 2.91. The summed E-state index contributed by atoms with van der Waals surface area (Å²) in [5, 5.41) is 10.5. The highest BCUT2D eigenvalue weighted by Gasteiger charge is 2.02. The van der Waals surface area contributed by atoms with Crippen LogP contribution in [0, 0.1) is 11.8 Å². The molecule has 0 aliphatic rings. The number of ether oxygens (including phenoxy) is 1. The summed E-state index contributed by atoms with van der Waals surface area (Å²) in [5.41, 5.74) is 6.48. The van der Waals surface area contributed by atoms with Crippen molar-refractivity contribution in [1.82, 2.24) is 0 Å². The van der Waals surface area contributed by atoms with E-state index in [9.17, 15) is 4.79 Å². The van der Waals surface area contributed by atoms with Crippen LogP contribution < -0.4 is 10.5 Å². The molecule has 0 unspecified atom stereocenters. The lowest BCUT2D eigenvalue weighted by molar-refractivity contribution is 0.1000. The number of aliphatic hydroxyl groups excluding tert-OH is 1. The van der Waals surface area contributed by atoms with Crippen molar-refractivity contribution in [1.29, 1.82) is 0 Å². The SMILES string of the molecule is NC(=O)c1ccc(OCc2cc(C#CCO)cs2)cc1. The molecule has 1 amide bonds. The van der Waals surface area contributed by atoms with Crippen molar-refractivity contribution in [2.75, 3.05) is 6.61 Å². The third-order valence-electron chi connectivity index (χ3n) is 2.49. The van der Waals surface area contributed by atoms with Gasteiger partial charge in [-0.1, -0.05) is 11.8 Å². The van der Waals surface area contributed by atoms with Crippen molar-refractivity contribution in [3.05, 3.63) is 51.7 Å².